The van der Waals surface area contributed by atoms with E-state index in [0.717, 1.165) is 17.4 Å². The Morgan fingerprint density at radius 3 is 2.69 bits per heavy atom. The summed E-state index contributed by atoms with van der Waals surface area (Å²) in [6.07, 6.45) is -1.46. The minimum absolute atomic E-state index is 0.0544. The summed E-state index contributed by atoms with van der Waals surface area (Å²) in [4.78, 5) is 9.98. The maximum atomic E-state index is 14.0. The molecule has 0 N–H and O–H groups in total. The number of alkyl halides is 2. The van der Waals surface area contributed by atoms with E-state index in [2.05, 4.69) is 9.98 Å². The molecule has 0 bridgehead atoms. The molecule has 5 nitrogen and oxygen atoms in total. The molecule has 1 aromatic heterocycles. The molecule has 10 heteroatoms. The molecule has 1 aliphatic heterocycles. The highest BCUT2D eigenvalue weighted by Gasteiger charge is 2.30. The van der Waals surface area contributed by atoms with Crippen LogP contribution in [0.25, 0.3) is 0 Å². The normalized spacial score (nSPS) is 17.8. The minimum Gasteiger partial charge on any atom is -0.858 e. The fourth-order valence-electron chi connectivity index (χ4n) is 3.42. The standard InChI is InChI=1S/C19H20ClF3N3O2S/c20-12-2-1-3-13(21)15(12)19(28)24-8-14(17-16(18(22)23)25-10-29-17)26-6-4-11(9-27)5-7-26/h1-3,10-11,14,18H,4-9H2,(H,24,28)/q-1/p-1. The van der Waals surface area contributed by atoms with Crippen LogP contribution in [0.15, 0.2) is 28.7 Å². The van der Waals surface area contributed by atoms with Crippen molar-refractivity contribution in [2.75, 3.05) is 26.2 Å². The second-order valence-electron chi connectivity index (χ2n) is 6.81. The Hall–Kier alpha value is -1.68. The van der Waals surface area contributed by atoms with E-state index >= 15 is 0 Å². The van der Waals surface area contributed by atoms with Crippen LogP contribution in [-0.4, -0.2) is 42.0 Å². The monoisotopic (exact) mass is 445 g/mol. The van der Waals surface area contributed by atoms with E-state index in [9.17, 15) is 23.4 Å². The molecule has 0 aliphatic carbocycles. The van der Waals surface area contributed by atoms with Crippen LogP contribution in [-0.2, 0) is 0 Å². The summed E-state index contributed by atoms with van der Waals surface area (Å²) < 4.78 is 40.8. The number of nitrogens with zero attached hydrogens (tertiary/aromatic N) is 3. The minimum atomic E-state index is -2.75. The van der Waals surface area contributed by atoms with Gasteiger partial charge in [-0.1, -0.05) is 23.6 Å². The van der Waals surface area contributed by atoms with Gasteiger partial charge in [0.1, 0.15) is 11.5 Å². The SMILES string of the molecule is [O-]CC1CCN(C(CN=C([O-])c2c(F)cccc2Cl)c2scnc2C(F)F)CC1. The molecule has 1 fully saturated rings. The molecule has 1 aromatic carbocycles. The Kier molecular flexibility index (Phi) is 7.50. The number of aliphatic imine (C=N–C) groups is 1. The van der Waals surface area contributed by atoms with E-state index in [0.29, 0.717) is 30.8 Å². The van der Waals surface area contributed by atoms with Crippen LogP contribution in [0.4, 0.5) is 13.2 Å². The molecule has 0 amide bonds. The van der Waals surface area contributed by atoms with Crippen molar-refractivity contribution in [1.82, 2.24) is 9.88 Å². The molecule has 0 saturated carbocycles. The van der Waals surface area contributed by atoms with Gasteiger partial charge in [-0.05, 0) is 44.0 Å². The summed E-state index contributed by atoms with van der Waals surface area (Å²) in [6, 6.07) is 3.27. The molecule has 29 heavy (non-hydrogen) atoms. The predicted octanol–water partition coefficient (Wildman–Crippen LogP) is 2.79. The third-order valence-electron chi connectivity index (χ3n) is 5.04. The van der Waals surface area contributed by atoms with E-state index in [1.54, 1.807) is 0 Å². The molecule has 0 spiro atoms. The lowest BCUT2D eigenvalue weighted by atomic mass is 9.96. The molecule has 0 radical (unpaired) electrons. The third kappa shape index (κ3) is 5.09. The average molecular weight is 446 g/mol. The highest BCUT2D eigenvalue weighted by molar-refractivity contribution is 7.09. The van der Waals surface area contributed by atoms with Crippen LogP contribution >= 0.6 is 22.9 Å². The van der Waals surface area contributed by atoms with Gasteiger partial charge in [-0.25, -0.2) is 18.2 Å². The van der Waals surface area contributed by atoms with E-state index in [4.69, 9.17) is 11.6 Å². The Morgan fingerprint density at radius 2 is 2.07 bits per heavy atom. The first kappa shape index (κ1) is 22.0. The Balaban J connectivity index is 1.88. The topological polar surface area (TPSA) is 74.6 Å². The Morgan fingerprint density at radius 1 is 1.34 bits per heavy atom. The number of aromatic nitrogens is 1. The maximum absolute atomic E-state index is 14.0. The zero-order chi connectivity index (χ0) is 21.0. The number of rotatable bonds is 7. The van der Waals surface area contributed by atoms with Gasteiger partial charge in [0.15, 0.2) is 0 Å². The van der Waals surface area contributed by atoms with Crippen LogP contribution in [0.1, 0.15) is 41.4 Å². The van der Waals surface area contributed by atoms with Crippen molar-refractivity contribution >= 4 is 28.8 Å². The number of thiazole rings is 1. The molecule has 3 rings (SSSR count). The Labute approximate surface area is 175 Å². The molecular formula is C19H19ClF3N3O2S-2. The lowest BCUT2D eigenvalue weighted by Crippen LogP contribution is -2.40. The predicted molar refractivity (Wildman–Crippen MR) is 102 cm³/mol. The van der Waals surface area contributed by atoms with Gasteiger partial charge in [0.2, 0.25) is 0 Å². The molecule has 1 unspecified atom stereocenters. The van der Waals surface area contributed by atoms with Crippen molar-refractivity contribution in [2.24, 2.45) is 10.9 Å². The fourth-order valence-corrected chi connectivity index (χ4v) is 4.59. The van der Waals surface area contributed by atoms with Crippen molar-refractivity contribution in [2.45, 2.75) is 25.3 Å². The number of likely N-dealkylation sites (tertiary alicyclic amines) is 1. The molecule has 1 aliphatic rings. The first-order valence-corrected chi connectivity index (χ1v) is 10.4. The van der Waals surface area contributed by atoms with Crippen molar-refractivity contribution in [1.29, 1.82) is 0 Å². The van der Waals surface area contributed by atoms with Crippen LogP contribution < -0.4 is 10.2 Å². The van der Waals surface area contributed by atoms with Crippen LogP contribution in [0.5, 0.6) is 0 Å². The summed E-state index contributed by atoms with van der Waals surface area (Å²) in [7, 11) is 0. The highest BCUT2D eigenvalue weighted by Crippen LogP contribution is 2.35. The van der Waals surface area contributed by atoms with E-state index in [1.807, 2.05) is 4.90 Å². The number of piperidine rings is 1. The van der Waals surface area contributed by atoms with Crippen molar-refractivity contribution in [3.8, 4) is 0 Å². The number of hydrogen-bond acceptors (Lipinski definition) is 6. The molecular weight excluding hydrogens is 427 g/mol. The Bertz CT molecular complexity index is 837. The molecule has 1 saturated heterocycles. The highest BCUT2D eigenvalue weighted by atomic mass is 35.5. The summed E-state index contributed by atoms with van der Waals surface area (Å²) in [5.41, 5.74) is 0.665. The number of halogens is 4. The van der Waals surface area contributed by atoms with Crippen LogP contribution in [0, 0.1) is 11.7 Å². The zero-order valence-electron chi connectivity index (χ0n) is 15.4. The second kappa shape index (κ2) is 9.88. The van der Waals surface area contributed by atoms with Gasteiger partial charge in [-0.2, -0.15) is 0 Å². The largest absolute Gasteiger partial charge is 0.858 e. The van der Waals surface area contributed by atoms with Crippen molar-refractivity contribution in [3.63, 3.8) is 0 Å². The summed E-state index contributed by atoms with van der Waals surface area (Å²) in [6.45, 7) is 0.758. The van der Waals surface area contributed by atoms with Crippen molar-refractivity contribution in [3.05, 3.63) is 50.7 Å². The first-order valence-electron chi connectivity index (χ1n) is 9.11. The van der Waals surface area contributed by atoms with Gasteiger partial charge in [-0.3, -0.25) is 9.89 Å². The van der Waals surface area contributed by atoms with Gasteiger partial charge >= 0.3 is 0 Å². The summed E-state index contributed by atoms with van der Waals surface area (Å²) >= 11 is 6.99. The van der Waals surface area contributed by atoms with E-state index < -0.39 is 24.2 Å². The van der Waals surface area contributed by atoms with Gasteiger partial charge < -0.3 is 10.2 Å². The van der Waals surface area contributed by atoms with Gasteiger partial charge in [0.25, 0.3) is 6.43 Å². The van der Waals surface area contributed by atoms with Crippen LogP contribution in [0.2, 0.25) is 5.02 Å². The molecule has 1 atom stereocenters. The number of benzene rings is 1. The quantitative estimate of drug-likeness (QED) is 0.485. The smallest absolute Gasteiger partial charge is 0.281 e. The number of hydrogen-bond donors (Lipinski definition) is 0. The van der Waals surface area contributed by atoms with E-state index in [1.165, 1.54) is 17.6 Å². The maximum Gasteiger partial charge on any atom is 0.281 e. The fraction of sp³-hybridized carbons (Fsp3) is 0.474. The average Bonchev–Trinajstić information content (AvgIpc) is 3.18. The lowest BCUT2D eigenvalue weighted by Gasteiger charge is -2.38. The molecule has 158 valence electrons. The van der Waals surface area contributed by atoms with E-state index in [-0.39, 0.29) is 35.3 Å². The van der Waals surface area contributed by atoms with Gasteiger partial charge in [-0.15, -0.1) is 17.9 Å². The van der Waals surface area contributed by atoms with Crippen LogP contribution in [0.3, 0.4) is 0 Å². The zero-order valence-corrected chi connectivity index (χ0v) is 16.9. The second-order valence-corrected chi connectivity index (χ2v) is 8.10. The molecule has 2 heterocycles. The summed E-state index contributed by atoms with van der Waals surface area (Å²) in [5, 5.41) is 23.5. The van der Waals surface area contributed by atoms with Crippen molar-refractivity contribution < 1.29 is 23.4 Å². The molecule has 2 aromatic rings. The first-order chi connectivity index (χ1) is 13.9. The third-order valence-corrected chi connectivity index (χ3v) is 6.30. The van der Waals surface area contributed by atoms with Gasteiger partial charge in [0, 0.05) is 5.56 Å². The lowest BCUT2D eigenvalue weighted by molar-refractivity contribution is -0.380. The summed E-state index contributed by atoms with van der Waals surface area (Å²) in [5.74, 6) is -1.57. The van der Waals surface area contributed by atoms with Gasteiger partial charge in [0.05, 0.1) is 28.0 Å².